The Hall–Kier alpha value is -1.61. The Kier molecular flexibility index (Phi) is 2.27. The largest absolute Gasteiger partial charge is 0.342 e. The number of fused-ring (bicyclic) bond motifs is 2. The Bertz CT molecular complexity index is 546. The highest BCUT2D eigenvalue weighted by Crippen LogP contribution is 2.39. The van der Waals surface area contributed by atoms with Crippen LogP contribution in [0.15, 0.2) is 36.5 Å². The summed E-state index contributed by atoms with van der Waals surface area (Å²) in [7, 11) is 0. The van der Waals surface area contributed by atoms with E-state index >= 15 is 0 Å². The van der Waals surface area contributed by atoms with Gasteiger partial charge in [-0.2, -0.15) is 0 Å². The average molecular weight is 239 g/mol. The number of hydrogen-bond acceptors (Lipinski definition) is 2. The van der Waals surface area contributed by atoms with Gasteiger partial charge in [-0.05, 0) is 24.8 Å². The number of benzene rings is 1. The topological polar surface area (TPSA) is 40.7 Å². The Morgan fingerprint density at radius 2 is 2.00 bits per heavy atom. The number of H-pyrrole nitrogens is 1. The molecule has 2 N–H and O–H groups in total. The third-order valence-corrected chi connectivity index (χ3v) is 4.33. The zero-order valence-corrected chi connectivity index (χ0v) is 10.3. The maximum atomic E-state index is 4.60. The van der Waals surface area contributed by atoms with Crippen LogP contribution in [0.1, 0.15) is 31.0 Å². The van der Waals surface area contributed by atoms with E-state index in [0.29, 0.717) is 12.0 Å². The molecular weight excluding hydrogens is 222 g/mol. The molecule has 2 saturated heterocycles. The van der Waals surface area contributed by atoms with E-state index in [1.54, 1.807) is 0 Å². The first-order valence-corrected chi connectivity index (χ1v) is 6.76. The van der Waals surface area contributed by atoms with Crippen molar-refractivity contribution in [3.63, 3.8) is 0 Å². The molecule has 1 aromatic carbocycles. The lowest BCUT2D eigenvalue weighted by molar-refractivity contribution is 0.490. The maximum absolute atomic E-state index is 4.60. The molecule has 0 aliphatic carbocycles. The lowest BCUT2D eigenvalue weighted by Gasteiger charge is -2.17. The lowest BCUT2D eigenvalue weighted by atomic mass is 9.89. The van der Waals surface area contributed by atoms with Crippen molar-refractivity contribution in [2.24, 2.45) is 0 Å². The molecule has 3 heteroatoms. The van der Waals surface area contributed by atoms with Crippen molar-refractivity contribution in [1.82, 2.24) is 15.3 Å². The van der Waals surface area contributed by atoms with Crippen molar-refractivity contribution in [1.29, 1.82) is 0 Å². The molecule has 18 heavy (non-hydrogen) atoms. The van der Waals surface area contributed by atoms with Gasteiger partial charge in [-0.3, -0.25) is 0 Å². The summed E-state index contributed by atoms with van der Waals surface area (Å²) in [5.41, 5.74) is 2.35. The second kappa shape index (κ2) is 3.95. The smallest absolute Gasteiger partial charge is 0.111 e. The number of nitrogens with one attached hydrogen (secondary N) is 2. The highest BCUT2D eigenvalue weighted by molar-refractivity contribution is 5.58. The quantitative estimate of drug-likeness (QED) is 0.846. The molecule has 0 saturated carbocycles. The molecular formula is C15H17N3. The van der Waals surface area contributed by atoms with E-state index in [-0.39, 0.29) is 0 Å². The highest BCUT2D eigenvalue weighted by atomic mass is 15.1. The minimum atomic E-state index is 0.584. The number of nitrogens with zero attached hydrogens (tertiary/aromatic N) is 1. The second-order valence-corrected chi connectivity index (χ2v) is 5.44. The van der Waals surface area contributed by atoms with Crippen LogP contribution in [-0.4, -0.2) is 22.1 Å². The molecule has 3 heterocycles. The fraction of sp³-hybridized carbons (Fsp3) is 0.400. The van der Waals surface area contributed by atoms with Gasteiger partial charge in [0, 0.05) is 18.0 Å². The van der Waals surface area contributed by atoms with Crippen molar-refractivity contribution < 1.29 is 0 Å². The first-order valence-electron chi connectivity index (χ1n) is 6.76. The monoisotopic (exact) mass is 239 g/mol. The van der Waals surface area contributed by atoms with Gasteiger partial charge in [-0.1, -0.05) is 30.3 Å². The standard InChI is InChI=1S/C15H17N3/c1-2-4-10(5-3-1)14-9-16-15(18-14)12-8-11-6-7-13(12)17-11/h1-5,9,11-13,17H,6-8H2,(H,16,18). The summed E-state index contributed by atoms with van der Waals surface area (Å²) in [6.07, 6.45) is 5.85. The zero-order valence-electron chi connectivity index (χ0n) is 10.3. The fourth-order valence-corrected chi connectivity index (χ4v) is 3.42. The maximum Gasteiger partial charge on any atom is 0.111 e. The number of rotatable bonds is 2. The molecule has 2 fully saturated rings. The van der Waals surface area contributed by atoms with Gasteiger partial charge in [-0.25, -0.2) is 4.98 Å². The van der Waals surface area contributed by atoms with E-state index < -0.39 is 0 Å². The Morgan fingerprint density at radius 3 is 2.72 bits per heavy atom. The molecule has 3 nitrogen and oxygen atoms in total. The fourth-order valence-electron chi connectivity index (χ4n) is 3.42. The van der Waals surface area contributed by atoms with Crippen molar-refractivity contribution in [2.45, 2.75) is 37.3 Å². The van der Waals surface area contributed by atoms with E-state index in [9.17, 15) is 0 Å². The third kappa shape index (κ3) is 1.58. The summed E-state index contributed by atoms with van der Waals surface area (Å²) in [6, 6.07) is 11.8. The zero-order chi connectivity index (χ0) is 11.9. The average Bonchev–Trinajstić information content (AvgIpc) is 3.15. The van der Waals surface area contributed by atoms with Crippen LogP contribution in [0, 0.1) is 0 Å². The minimum Gasteiger partial charge on any atom is -0.342 e. The van der Waals surface area contributed by atoms with Gasteiger partial charge in [0.1, 0.15) is 5.82 Å². The Morgan fingerprint density at radius 1 is 1.11 bits per heavy atom. The van der Waals surface area contributed by atoms with Gasteiger partial charge in [0.25, 0.3) is 0 Å². The van der Waals surface area contributed by atoms with Gasteiger partial charge in [0.05, 0.1) is 11.9 Å². The summed E-state index contributed by atoms with van der Waals surface area (Å²) in [4.78, 5) is 8.10. The van der Waals surface area contributed by atoms with Crippen LogP contribution < -0.4 is 5.32 Å². The van der Waals surface area contributed by atoms with Gasteiger partial charge in [-0.15, -0.1) is 0 Å². The van der Waals surface area contributed by atoms with Crippen LogP contribution in [0.5, 0.6) is 0 Å². The first kappa shape index (κ1) is 10.3. The third-order valence-electron chi connectivity index (χ3n) is 4.33. The van der Waals surface area contributed by atoms with Crippen LogP contribution in [0.3, 0.4) is 0 Å². The normalized spacial score (nSPS) is 29.9. The summed E-state index contributed by atoms with van der Waals surface area (Å²) < 4.78 is 0. The molecule has 2 aliphatic rings. The van der Waals surface area contributed by atoms with Gasteiger partial charge < -0.3 is 10.3 Å². The summed E-state index contributed by atoms with van der Waals surface area (Å²) in [6.45, 7) is 0. The number of hydrogen-bond donors (Lipinski definition) is 2. The molecule has 2 bridgehead atoms. The molecule has 0 amide bonds. The van der Waals surface area contributed by atoms with Crippen molar-refractivity contribution >= 4 is 0 Å². The molecule has 0 radical (unpaired) electrons. The van der Waals surface area contributed by atoms with Crippen LogP contribution in [0.25, 0.3) is 11.3 Å². The van der Waals surface area contributed by atoms with E-state index in [1.165, 1.54) is 24.8 Å². The lowest BCUT2D eigenvalue weighted by Crippen LogP contribution is -2.22. The van der Waals surface area contributed by atoms with E-state index in [1.807, 2.05) is 12.3 Å². The van der Waals surface area contributed by atoms with E-state index in [2.05, 4.69) is 39.6 Å². The molecule has 3 unspecified atom stereocenters. The minimum absolute atomic E-state index is 0.584. The Balaban J connectivity index is 1.63. The van der Waals surface area contributed by atoms with Crippen LogP contribution >= 0.6 is 0 Å². The first-order chi connectivity index (χ1) is 8.90. The summed E-state index contributed by atoms with van der Waals surface area (Å²) >= 11 is 0. The van der Waals surface area contributed by atoms with Crippen molar-refractivity contribution in [2.75, 3.05) is 0 Å². The second-order valence-electron chi connectivity index (χ2n) is 5.44. The molecule has 3 atom stereocenters. The Labute approximate surface area is 107 Å². The predicted octanol–water partition coefficient (Wildman–Crippen LogP) is 2.68. The van der Waals surface area contributed by atoms with E-state index in [4.69, 9.17) is 0 Å². The van der Waals surface area contributed by atoms with Gasteiger partial charge >= 0.3 is 0 Å². The molecule has 0 spiro atoms. The van der Waals surface area contributed by atoms with Crippen LogP contribution in [-0.2, 0) is 0 Å². The highest BCUT2D eigenvalue weighted by Gasteiger charge is 2.41. The van der Waals surface area contributed by atoms with Crippen LogP contribution in [0.2, 0.25) is 0 Å². The number of aromatic amines is 1. The molecule has 92 valence electrons. The molecule has 2 aromatic rings. The van der Waals surface area contributed by atoms with Gasteiger partial charge in [0.15, 0.2) is 0 Å². The van der Waals surface area contributed by atoms with Crippen molar-refractivity contribution in [3.05, 3.63) is 42.4 Å². The summed E-state index contributed by atoms with van der Waals surface area (Å²) in [5.74, 6) is 1.75. The summed E-state index contributed by atoms with van der Waals surface area (Å²) in [5, 5.41) is 3.67. The molecule has 4 rings (SSSR count). The SMILES string of the molecule is c1ccc(-c2cnc(C3CC4CCC3N4)[nH]2)cc1. The van der Waals surface area contributed by atoms with Gasteiger partial charge in [0.2, 0.25) is 0 Å². The van der Waals surface area contributed by atoms with Crippen molar-refractivity contribution in [3.8, 4) is 11.3 Å². The predicted molar refractivity (Wildman–Crippen MR) is 71.3 cm³/mol. The number of aromatic nitrogens is 2. The van der Waals surface area contributed by atoms with E-state index in [0.717, 1.165) is 17.6 Å². The molecule has 1 aromatic heterocycles. The van der Waals surface area contributed by atoms with Crippen LogP contribution in [0.4, 0.5) is 0 Å². The molecule has 2 aliphatic heterocycles. The number of imidazole rings is 1.